The van der Waals surface area contributed by atoms with Crippen molar-refractivity contribution in [2.75, 3.05) is 0 Å². The van der Waals surface area contributed by atoms with Crippen LogP contribution in [0.2, 0.25) is 0 Å². The van der Waals surface area contributed by atoms with Gasteiger partial charge in [0, 0.05) is 43.7 Å². The van der Waals surface area contributed by atoms with E-state index in [1.54, 1.807) is 12.1 Å². The van der Waals surface area contributed by atoms with Crippen LogP contribution in [0.25, 0.3) is 105 Å². The Labute approximate surface area is 360 Å². The molecular weight excluding hydrogens is 691 g/mol. The minimum Gasteiger partial charge on any atom is -0.309 e. The Balaban J connectivity index is 1.38. The van der Waals surface area contributed by atoms with E-state index < -0.39 is 188 Å². The Morgan fingerprint density at radius 2 is 0.772 bits per heavy atom. The van der Waals surface area contributed by atoms with Crippen molar-refractivity contribution in [2.24, 2.45) is 0 Å². The summed E-state index contributed by atoms with van der Waals surface area (Å²) in [5.41, 5.74) is -1.17. The molecule has 0 N–H and O–H groups in total. The van der Waals surface area contributed by atoms with Gasteiger partial charge in [-0.2, -0.15) is 0 Å². The smallest absolute Gasteiger partial charge is 0.0782 e. The molecule has 12 aromatic rings. The Morgan fingerprint density at radius 1 is 0.316 bits per heavy atom. The molecule has 3 aromatic heterocycles. The maximum Gasteiger partial charge on any atom is 0.0782 e. The van der Waals surface area contributed by atoms with Crippen LogP contribution in [-0.4, -0.2) is 13.7 Å². The molecule has 0 saturated heterocycles. The van der Waals surface area contributed by atoms with Crippen molar-refractivity contribution in [2.45, 2.75) is 0 Å². The van der Waals surface area contributed by atoms with E-state index in [4.69, 9.17) is 13.7 Å². The fourth-order valence-electron chi connectivity index (χ4n) is 7.79. The van der Waals surface area contributed by atoms with Crippen molar-refractivity contribution >= 4 is 65.4 Å². The van der Waals surface area contributed by atoms with Gasteiger partial charge in [-0.15, -0.1) is 0 Å². The molecule has 0 spiro atoms. The van der Waals surface area contributed by atoms with E-state index in [0.717, 1.165) is 20.3 Å². The quantitative estimate of drug-likeness (QED) is 0.167. The fraction of sp³-hybridized carbons (Fsp3) is 0. The van der Waals surface area contributed by atoms with Gasteiger partial charge >= 0.3 is 0 Å². The molecule has 0 aliphatic rings. The predicted octanol–water partition coefficient (Wildman–Crippen LogP) is 14.3. The zero-order valence-corrected chi connectivity index (χ0v) is 29.3. The third-order valence-corrected chi connectivity index (χ3v) is 10.2. The third-order valence-electron chi connectivity index (χ3n) is 10.2. The van der Waals surface area contributed by atoms with E-state index >= 15 is 0 Å². The molecule has 3 heteroatoms. The lowest BCUT2D eigenvalue weighted by atomic mass is 9.98. The zero-order valence-electron chi connectivity index (χ0n) is 51.3. The van der Waals surface area contributed by atoms with Crippen molar-refractivity contribution in [3.05, 3.63) is 212 Å². The van der Waals surface area contributed by atoms with Gasteiger partial charge in [-0.3, -0.25) is 0 Å². The van der Waals surface area contributed by atoms with Crippen molar-refractivity contribution in [3.8, 4) is 39.3 Å². The summed E-state index contributed by atoms with van der Waals surface area (Å²) < 4.78 is 208. The first-order valence-electron chi connectivity index (χ1n) is 28.8. The van der Waals surface area contributed by atoms with Gasteiger partial charge in [0.05, 0.1) is 68.9 Å². The number of benzene rings is 9. The first-order valence-corrected chi connectivity index (χ1v) is 17.8. The Bertz CT molecular complexity index is 4660. The van der Waals surface area contributed by atoms with E-state index in [-0.39, 0.29) is 27.5 Å². The van der Waals surface area contributed by atoms with Gasteiger partial charge in [-0.05, 0) is 82.7 Å². The molecule has 0 aliphatic heterocycles. The van der Waals surface area contributed by atoms with E-state index in [1.165, 1.54) is 4.57 Å². The van der Waals surface area contributed by atoms with E-state index in [1.807, 2.05) is 66.7 Å². The van der Waals surface area contributed by atoms with Gasteiger partial charge in [0.1, 0.15) is 0 Å². The second kappa shape index (κ2) is 12.5. The number of hydrogen-bond acceptors (Lipinski definition) is 0. The summed E-state index contributed by atoms with van der Waals surface area (Å²) >= 11 is 0. The summed E-state index contributed by atoms with van der Waals surface area (Å²) in [6, 6.07) is 6.39. The standard InChI is InChI=1S/C54H35N3/c1-3-16-36(17-4-1)38-32-39(37-18-5-2-6-19-37)34-41(33-38)55-48-25-11-7-22-44(48)46-31-30-40(35-53(46)55)56-49-26-12-10-23-45(49)47-24-15-29-52(54(47)56)57-50-27-13-8-20-42(50)43-21-9-14-28-51(43)57/h1-35H/i7D,8D,9D,10D,11D,12D,13D,14D,15D,20D,21D,22D,23D,24D,25D,26D,27D,28D,29D,30D,31D,35D. The fourth-order valence-corrected chi connectivity index (χ4v) is 7.79. The molecule has 0 saturated carbocycles. The minimum absolute atomic E-state index is 0.206. The van der Waals surface area contributed by atoms with Crippen LogP contribution in [0.5, 0.6) is 0 Å². The van der Waals surface area contributed by atoms with Gasteiger partial charge < -0.3 is 13.7 Å². The maximum absolute atomic E-state index is 10.5. The average molecular weight is 748 g/mol. The lowest BCUT2D eigenvalue weighted by Crippen LogP contribution is -2.01. The maximum atomic E-state index is 10.5. The van der Waals surface area contributed by atoms with E-state index in [9.17, 15) is 16.4 Å². The molecule has 0 fully saturated rings. The van der Waals surface area contributed by atoms with Crippen LogP contribution in [0.3, 0.4) is 0 Å². The monoisotopic (exact) mass is 747 g/mol. The molecule has 0 amide bonds. The van der Waals surface area contributed by atoms with Crippen LogP contribution in [0.15, 0.2) is 212 Å². The molecule has 9 aromatic carbocycles. The number of rotatable bonds is 5. The van der Waals surface area contributed by atoms with Crippen LogP contribution < -0.4 is 0 Å². The molecule has 266 valence electrons. The Hall–Kier alpha value is -7.62. The second-order valence-corrected chi connectivity index (χ2v) is 13.3. The van der Waals surface area contributed by atoms with E-state index in [2.05, 4.69) is 0 Å². The average Bonchev–Trinajstić information content (AvgIpc) is 2.59. The van der Waals surface area contributed by atoms with Crippen molar-refractivity contribution in [1.82, 2.24) is 13.7 Å². The van der Waals surface area contributed by atoms with Crippen LogP contribution >= 0.6 is 0 Å². The van der Waals surface area contributed by atoms with Gasteiger partial charge in [0.25, 0.3) is 0 Å². The number of aromatic nitrogens is 3. The summed E-state index contributed by atoms with van der Waals surface area (Å²) in [6.45, 7) is 0. The topological polar surface area (TPSA) is 14.8 Å². The highest BCUT2D eigenvalue weighted by molar-refractivity contribution is 6.16. The van der Waals surface area contributed by atoms with Gasteiger partial charge in [0.2, 0.25) is 0 Å². The molecule has 3 nitrogen and oxygen atoms in total. The molecule has 0 aliphatic carbocycles. The number of fused-ring (bicyclic) bond motifs is 9. The van der Waals surface area contributed by atoms with Gasteiger partial charge in [-0.25, -0.2) is 0 Å². The highest BCUT2D eigenvalue weighted by Gasteiger charge is 2.21. The van der Waals surface area contributed by atoms with Crippen LogP contribution in [0.4, 0.5) is 0 Å². The highest BCUT2D eigenvalue weighted by atomic mass is 15.1. The molecule has 0 radical (unpaired) electrons. The lowest BCUT2D eigenvalue weighted by Gasteiger charge is -2.16. The largest absolute Gasteiger partial charge is 0.309 e. The third kappa shape index (κ3) is 4.79. The molecule has 0 bridgehead atoms. The number of nitrogens with zero attached hydrogens (tertiary/aromatic N) is 3. The van der Waals surface area contributed by atoms with Crippen LogP contribution in [0.1, 0.15) is 30.2 Å². The predicted molar refractivity (Wildman–Crippen MR) is 240 cm³/mol. The molecular formula is C54H35N3. The van der Waals surface area contributed by atoms with E-state index in [0.29, 0.717) is 11.1 Å². The van der Waals surface area contributed by atoms with Crippen molar-refractivity contribution < 1.29 is 30.2 Å². The summed E-state index contributed by atoms with van der Waals surface area (Å²) in [5, 5.41) is -2.42. The van der Waals surface area contributed by atoms with Crippen molar-refractivity contribution in [1.29, 1.82) is 0 Å². The number of para-hydroxylation sites is 5. The molecule has 57 heavy (non-hydrogen) atoms. The zero-order chi connectivity index (χ0) is 56.6. The van der Waals surface area contributed by atoms with Crippen molar-refractivity contribution in [3.63, 3.8) is 0 Å². The number of hydrogen-bond donors (Lipinski definition) is 0. The molecule has 3 heterocycles. The van der Waals surface area contributed by atoms with Crippen LogP contribution in [-0.2, 0) is 0 Å². The summed E-state index contributed by atoms with van der Waals surface area (Å²) in [5.74, 6) is 0. The van der Waals surface area contributed by atoms with Gasteiger partial charge in [0.15, 0.2) is 0 Å². The minimum atomic E-state index is -0.926. The summed E-state index contributed by atoms with van der Waals surface area (Å²) in [4.78, 5) is 0. The molecule has 0 atom stereocenters. The normalized spacial score (nSPS) is 17.3. The summed E-state index contributed by atoms with van der Waals surface area (Å²) in [7, 11) is 0. The Kier molecular flexibility index (Phi) is 3.72. The van der Waals surface area contributed by atoms with Crippen LogP contribution in [0, 0.1) is 0 Å². The molecule has 12 rings (SSSR count). The second-order valence-electron chi connectivity index (χ2n) is 13.3. The molecule has 0 unspecified atom stereocenters. The van der Waals surface area contributed by atoms with Gasteiger partial charge in [-0.1, -0.05) is 151 Å². The lowest BCUT2D eigenvalue weighted by molar-refractivity contribution is 1.13. The summed E-state index contributed by atoms with van der Waals surface area (Å²) in [6.07, 6.45) is 0. The first kappa shape index (κ1) is 17.0. The highest BCUT2D eigenvalue weighted by Crippen LogP contribution is 2.42. The Morgan fingerprint density at radius 3 is 1.33 bits per heavy atom. The first-order chi connectivity index (χ1) is 37.5. The SMILES string of the molecule is [2H]c1c([2H])c([2H])c2c(c1[2H])c1c([2H])c([2H])c(-n3c4c([2H])c([2H])c([2H])c([2H])c4c4c([2H])c([2H])c([2H])c(-n5c6c([2H])c([2H])c([2H])c([2H])c6c6c([2H])c([2H])c([2H])c([2H])c65)c43)c([2H])c1n2-c1cc(-c2ccccc2)cc(-c2ccccc2)c1.